The van der Waals surface area contributed by atoms with Gasteiger partial charge < -0.3 is 18.9 Å². The summed E-state index contributed by atoms with van der Waals surface area (Å²) in [5.74, 6) is -0.302. The first-order chi connectivity index (χ1) is 32.6. The molecule has 0 bridgehead atoms. The summed E-state index contributed by atoms with van der Waals surface area (Å²) in [6, 6.07) is 0. The maximum absolute atomic E-state index is 12.8. The molecule has 0 amide bonds. The third kappa shape index (κ3) is 56.3. The van der Waals surface area contributed by atoms with Gasteiger partial charge in [-0.1, -0.05) is 290 Å². The van der Waals surface area contributed by atoms with Crippen LogP contribution in [0.15, 0.2) is 0 Å². The first-order valence-electron chi connectivity index (χ1n) is 29.8. The molecule has 8 nitrogen and oxygen atoms in total. The highest BCUT2D eigenvalue weighted by Gasteiger charge is 2.26. The van der Waals surface area contributed by atoms with E-state index in [1.54, 1.807) is 0 Å². The van der Waals surface area contributed by atoms with Gasteiger partial charge in [0.15, 0.2) is 0 Å². The number of esters is 1. The van der Waals surface area contributed by atoms with Crippen LogP contribution in [0.25, 0.3) is 0 Å². The molecule has 0 aromatic heterocycles. The van der Waals surface area contributed by atoms with Crippen LogP contribution in [0.3, 0.4) is 0 Å². The lowest BCUT2D eigenvalue weighted by atomic mass is 10.0. The molecule has 0 fully saturated rings. The van der Waals surface area contributed by atoms with Crippen molar-refractivity contribution in [1.82, 2.24) is 0 Å². The van der Waals surface area contributed by atoms with Crippen molar-refractivity contribution in [3.8, 4) is 0 Å². The van der Waals surface area contributed by atoms with Gasteiger partial charge in [-0.2, -0.15) is 0 Å². The number of hydrogen-bond donors (Lipinski definition) is 1. The maximum Gasteiger partial charge on any atom is 0.472 e. The minimum atomic E-state index is -4.28. The second-order valence-corrected chi connectivity index (χ2v) is 23.2. The lowest BCUT2D eigenvalue weighted by Gasteiger charge is -2.24. The van der Waals surface area contributed by atoms with Gasteiger partial charge in [-0.15, -0.1) is 0 Å². The van der Waals surface area contributed by atoms with E-state index in [-0.39, 0.29) is 25.8 Å². The molecule has 0 radical (unpaired) electrons. The third-order valence-corrected chi connectivity index (χ3v) is 14.7. The fourth-order valence-electron chi connectivity index (χ4n) is 9.09. The molecule has 0 saturated carbocycles. The Hall–Kier alpha value is -0.500. The Kier molecular flexibility index (Phi) is 51.5. The van der Waals surface area contributed by atoms with E-state index in [2.05, 4.69) is 13.8 Å². The van der Waals surface area contributed by atoms with Crippen LogP contribution in [0.5, 0.6) is 0 Å². The minimum absolute atomic E-state index is 0.0944. The monoisotopic (exact) mass is 973 g/mol. The molecule has 67 heavy (non-hydrogen) atoms. The molecule has 1 N–H and O–H groups in total. The van der Waals surface area contributed by atoms with E-state index in [0.717, 1.165) is 32.1 Å². The summed E-state index contributed by atoms with van der Waals surface area (Å²) in [5.41, 5.74) is 0. The normalized spacial score (nSPS) is 13.3. The van der Waals surface area contributed by atoms with Gasteiger partial charge in [-0.05, 0) is 12.8 Å². The highest BCUT2D eigenvalue weighted by molar-refractivity contribution is 7.47. The van der Waals surface area contributed by atoms with Crippen LogP contribution in [0.1, 0.15) is 309 Å². The number of phosphoric ester groups is 1. The summed E-state index contributed by atoms with van der Waals surface area (Å²) in [4.78, 5) is 23.1. The number of carbonyl (C=O) groups excluding carboxylic acids is 1. The number of carbonyl (C=O) groups is 1. The molecular weight excluding hydrogens is 854 g/mol. The molecule has 0 aromatic carbocycles. The molecule has 1 unspecified atom stereocenters. The molecule has 0 saturated heterocycles. The van der Waals surface area contributed by atoms with Crippen LogP contribution in [-0.2, 0) is 27.9 Å². The predicted molar refractivity (Wildman–Crippen MR) is 289 cm³/mol. The molecule has 402 valence electrons. The van der Waals surface area contributed by atoms with Gasteiger partial charge in [0.1, 0.15) is 19.3 Å². The zero-order valence-electron chi connectivity index (χ0n) is 45.9. The first-order valence-corrected chi connectivity index (χ1v) is 31.3. The minimum Gasteiger partial charge on any atom is -0.457 e. The summed E-state index contributed by atoms with van der Waals surface area (Å²) in [6.45, 7) is 5.72. The molecule has 0 aliphatic heterocycles. The van der Waals surface area contributed by atoms with E-state index >= 15 is 0 Å². The van der Waals surface area contributed by atoms with E-state index in [4.69, 9.17) is 18.5 Å². The zero-order chi connectivity index (χ0) is 49.0. The summed E-state index contributed by atoms with van der Waals surface area (Å²) in [7, 11) is 1.69. The Morgan fingerprint density at radius 3 is 0.985 bits per heavy atom. The molecule has 0 aliphatic rings. The van der Waals surface area contributed by atoms with Crippen LogP contribution < -0.4 is 0 Å². The molecule has 2 atom stereocenters. The first kappa shape index (κ1) is 66.5. The van der Waals surface area contributed by atoms with Crippen LogP contribution in [0.2, 0.25) is 0 Å². The summed E-state index contributed by atoms with van der Waals surface area (Å²) < 4.78 is 35.3. The Labute approximate surface area is 418 Å². The number of unbranched alkanes of at least 4 members (excludes halogenated alkanes) is 43. The number of likely N-dealkylation sites (N-methyl/N-ethyl adjacent to an activating group) is 1. The van der Waals surface area contributed by atoms with Crippen molar-refractivity contribution in [2.45, 2.75) is 315 Å². The van der Waals surface area contributed by atoms with Crippen molar-refractivity contribution < 1.29 is 37.3 Å². The standard InChI is InChI=1S/C58H118NO7P/c1-6-8-10-12-14-16-18-20-22-24-25-26-27-28-29-30-31-32-33-34-35-36-37-39-41-43-45-47-49-51-58(60)66-57(56-65-67(61,62)64-54-52-59(3,4)5)55-63-53-50-48-46-44-42-40-38-23-21-19-17-15-13-11-9-7-2/h57H,6-56H2,1-5H3/p+1/t57-/m1/s1. The number of hydrogen-bond acceptors (Lipinski definition) is 6. The van der Waals surface area contributed by atoms with Gasteiger partial charge in [-0.25, -0.2) is 4.57 Å². The van der Waals surface area contributed by atoms with Crippen molar-refractivity contribution in [2.24, 2.45) is 0 Å². The Balaban J connectivity index is 3.92. The molecular formula is C58H119NO7P+. The molecule has 0 spiro atoms. The van der Waals surface area contributed by atoms with Crippen molar-refractivity contribution in [1.29, 1.82) is 0 Å². The number of nitrogens with zero attached hydrogens (tertiary/aromatic N) is 1. The molecule has 0 heterocycles. The van der Waals surface area contributed by atoms with Crippen molar-refractivity contribution in [3.63, 3.8) is 0 Å². The summed E-state index contributed by atoms with van der Waals surface area (Å²) in [5, 5.41) is 0. The van der Waals surface area contributed by atoms with Gasteiger partial charge in [0.25, 0.3) is 0 Å². The lowest BCUT2D eigenvalue weighted by molar-refractivity contribution is -0.870. The number of phosphoric acid groups is 1. The lowest BCUT2D eigenvalue weighted by Crippen LogP contribution is -2.37. The van der Waals surface area contributed by atoms with Gasteiger partial charge in [0, 0.05) is 13.0 Å². The zero-order valence-corrected chi connectivity index (χ0v) is 46.8. The second-order valence-electron chi connectivity index (χ2n) is 21.8. The maximum atomic E-state index is 12.8. The van der Waals surface area contributed by atoms with Crippen molar-refractivity contribution in [3.05, 3.63) is 0 Å². The van der Waals surface area contributed by atoms with Crippen LogP contribution in [-0.4, -0.2) is 75.6 Å². The van der Waals surface area contributed by atoms with E-state index in [1.807, 2.05) is 21.1 Å². The van der Waals surface area contributed by atoms with Gasteiger partial charge in [0.05, 0.1) is 34.4 Å². The predicted octanol–water partition coefficient (Wildman–Crippen LogP) is 18.7. The SMILES string of the molecule is CCCCCCCCCCCCCCCCCCCCCCCCCCCCCCCC(=O)O[C@H](COCCCCCCCCCCCCCCCCCC)COP(=O)(O)OCC[N+](C)(C)C. The topological polar surface area (TPSA) is 91.3 Å². The van der Waals surface area contributed by atoms with E-state index in [9.17, 15) is 14.3 Å². The van der Waals surface area contributed by atoms with E-state index < -0.39 is 13.9 Å². The number of quaternary nitrogens is 1. The average molecular weight is 974 g/mol. The van der Waals surface area contributed by atoms with Crippen molar-refractivity contribution >= 4 is 13.8 Å². The summed E-state index contributed by atoms with van der Waals surface area (Å²) >= 11 is 0. The highest BCUT2D eigenvalue weighted by Crippen LogP contribution is 2.43. The van der Waals surface area contributed by atoms with E-state index in [1.165, 1.54) is 257 Å². The smallest absolute Gasteiger partial charge is 0.457 e. The summed E-state index contributed by atoms with van der Waals surface area (Å²) in [6.07, 6.45) is 60.4. The average Bonchev–Trinajstić information content (AvgIpc) is 3.29. The molecule has 0 rings (SSSR count). The molecule has 0 aromatic rings. The fraction of sp³-hybridized carbons (Fsp3) is 0.983. The van der Waals surface area contributed by atoms with Crippen LogP contribution in [0, 0.1) is 0 Å². The van der Waals surface area contributed by atoms with Crippen LogP contribution in [0.4, 0.5) is 0 Å². The Morgan fingerprint density at radius 2 is 0.687 bits per heavy atom. The number of rotatable bonds is 57. The van der Waals surface area contributed by atoms with Gasteiger partial charge >= 0.3 is 13.8 Å². The van der Waals surface area contributed by atoms with Crippen LogP contribution >= 0.6 is 7.82 Å². The second kappa shape index (κ2) is 51.8. The van der Waals surface area contributed by atoms with Gasteiger partial charge in [-0.3, -0.25) is 13.8 Å². The highest BCUT2D eigenvalue weighted by atomic mass is 31.2. The Bertz CT molecular complexity index is 1040. The Morgan fingerprint density at radius 1 is 0.403 bits per heavy atom. The fourth-order valence-corrected chi connectivity index (χ4v) is 9.83. The quantitative estimate of drug-likeness (QED) is 0.0281. The molecule has 0 aliphatic carbocycles. The third-order valence-electron chi connectivity index (χ3n) is 13.7. The van der Waals surface area contributed by atoms with Crippen molar-refractivity contribution in [2.75, 3.05) is 54.1 Å². The number of ether oxygens (including phenoxy) is 2. The molecule has 9 heteroatoms. The van der Waals surface area contributed by atoms with E-state index in [0.29, 0.717) is 24.1 Å². The van der Waals surface area contributed by atoms with Gasteiger partial charge in [0.2, 0.25) is 0 Å². The largest absolute Gasteiger partial charge is 0.472 e.